The van der Waals surface area contributed by atoms with Crippen LogP contribution in [0.4, 0.5) is 21.6 Å². The predicted molar refractivity (Wildman–Crippen MR) is 87.3 cm³/mol. The molecule has 114 valence electrons. The second-order valence-corrected chi connectivity index (χ2v) is 4.32. The summed E-state index contributed by atoms with van der Waals surface area (Å²) >= 11 is 0. The van der Waals surface area contributed by atoms with Gasteiger partial charge in [-0.3, -0.25) is 4.39 Å². The zero-order valence-corrected chi connectivity index (χ0v) is 12.4. The van der Waals surface area contributed by atoms with Crippen LogP contribution in [0.3, 0.4) is 0 Å². The van der Waals surface area contributed by atoms with Gasteiger partial charge in [0, 0.05) is 17.1 Å². The number of alkyl halides is 1. The fourth-order valence-electron chi connectivity index (χ4n) is 2.04. The maximum absolute atomic E-state index is 9.50. The Morgan fingerprint density at radius 1 is 1.09 bits per heavy atom. The van der Waals surface area contributed by atoms with Crippen molar-refractivity contribution in [3.05, 3.63) is 48.8 Å². The van der Waals surface area contributed by atoms with Gasteiger partial charge in [0.15, 0.2) is 0 Å². The lowest BCUT2D eigenvalue weighted by Crippen LogP contribution is -1.98. The highest BCUT2D eigenvalue weighted by Gasteiger charge is 2.08. The van der Waals surface area contributed by atoms with E-state index in [0.29, 0.717) is 18.6 Å². The molecular weight excluding hydrogens is 283 g/mol. The molecular formula is C16H17FN4O. The van der Waals surface area contributed by atoms with Crippen molar-refractivity contribution in [1.29, 1.82) is 0 Å². The average Bonchev–Trinajstić information content (AvgIpc) is 2.58. The molecule has 0 spiro atoms. The van der Waals surface area contributed by atoms with E-state index in [9.17, 15) is 4.39 Å². The van der Waals surface area contributed by atoms with Crippen molar-refractivity contribution >= 4 is 28.1 Å². The van der Waals surface area contributed by atoms with E-state index in [0.717, 1.165) is 22.4 Å². The zero-order valence-electron chi connectivity index (χ0n) is 12.4. The summed E-state index contributed by atoms with van der Waals surface area (Å²) in [4.78, 5) is 8.53. The zero-order chi connectivity index (χ0) is 15.9. The number of hydrogen-bond acceptors (Lipinski definition) is 5. The molecule has 0 aliphatic rings. The van der Waals surface area contributed by atoms with Crippen molar-refractivity contribution in [2.75, 3.05) is 25.3 Å². The predicted octanol–water partition coefficient (Wildman–Crippen LogP) is 3.55. The SMILES string of the molecule is CF.COc1cc2ncnc(Nc3ccccc3)c2cc1N. The minimum absolute atomic E-state index is 0.500. The summed E-state index contributed by atoms with van der Waals surface area (Å²) in [7, 11) is 2.09. The van der Waals surface area contributed by atoms with E-state index < -0.39 is 0 Å². The van der Waals surface area contributed by atoms with Gasteiger partial charge in [0.2, 0.25) is 0 Å². The van der Waals surface area contributed by atoms with Crippen molar-refractivity contribution in [3.8, 4) is 5.75 Å². The van der Waals surface area contributed by atoms with Crippen LogP contribution >= 0.6 is 0 Å². The molecule has 0 saturated heterocycles. The number of benzene rings is 2. The van der Waals surface area contributed by atoms with Crippen LogP contribution in [0.25, 0.3) is 10.9 Å². The van der Waals surface area contributed by atoms with E-state index in [4.69, 9.17) is 10.5 Å². The Morgan fingerprint density at radius 2 is 1.82 bits per heavy atom. The lowest BCUT2D eigenvalue weighted by atomic mass is 10.2. The normalized spacial score (nSPS) is 9.77. The van der Waals surface area contributed by atoms with Crippen molar-refractivity contribution in [2.45, 2.75) is 0 Å². The highest BCUT2D eigenvalue weighted by Crippen LogP contribution is 2.30. The highest BCUT2D eigenvalue weighted by molar-refractivity contribution is 5.94. The standard InChI is InChI=1S/C15H14N4O.CH3F/c1-20-14-8-13-11(7-12(14)16)15(18-9-17-13)19-10-5-3-2-4-6-10;1-2/h2-9H,16H2,1H3,(H,17,18,19);1H3. The van der Waals surface area contributed by atoms with Gasteiger partial charge in [0.05, 0.1) is 25.5 Å². The Hall–Kier alpha value is -2.89. The number of hydrogen-bond donors (Lipinski definition) is 2. The molecule has 22 heavy (non-hydrogen) atoms. The van der Waals surface area contributed by atoms with Crippen LogP contribution in [0.1, 0.15) is 0 Å². The number of fused-ring (bicyclic) bond motifs is 1. The minimum Gasteiger partial charge on any atom is -0.495 e. The maximum Gasteiger partial charge on any atom is 0.143 e. The molecule has 5 nitrogen and oxygen atoms in total. The van der Waals surface area contributed by atoms with E-state index in [1.165, 1.54) is 6.33 Å². The van der Waals surface area contributed by atoms with Gasteiger partial charge in [-0.25, -0.2) is 9.97 Å². The van der Waals surface area contributed by atoms with Crippen LogP contribution < -0.4 is 15.8 Å². The Morgan fingerprint density at radius 3 is 2.50 bits per heavy atom. The van der Waals surface area contributed by atoms with Gasteiger partial charge >= 0.3 is 0 Å². The monoisotopic (exact) mass is 300 g/mol. The number of nitrogens with zero attached hydrogens (tertiary/aromatic N) is 2. The lowest BCUT2D eigenvalue weighted by molar-refractivity contribution is 0.417. The lowest BCUT2D eigenvalue weighted by Gasteiger charge is -2.10. The first-order chi connectivity index (χ1) is 10.8. The van der Waals surface area contributed by atoms with Crippen LogP contribution in [-0.4, -0.2) is 24.3 Å². The topological polar surface area (TPSA) is 73.1 Å². The number of para-hydroxylation sites is 1. The number of rotatable bonds is 3. The molecule has 0 fully saturated rings. The van der Waals surface area contributed by atoms with E-state index in [-0.39, 0.29) is 0 Å². The molecule has 1 aromatic heterocycles. The van der Waals surface area contributed by atoms with Gasteiger partial charge in [-0.1, -0.05) is 18.2 Å². The van der Waals surface area contributed by atoms with Crippen molar-refractivity contribution < 1.29 is 9.13 Å². The Bertz CT molecular complexity index is 750. The van der Waals surface area contributed by atoms with Crippen LogP contribution in [-0.2, 0) is 0 Å². The highest BCUT2D eigenvalue weighted by atomic mass is 19.1. The third-order valence-corrected chi connectivity index (χ3v) is 3.02. The van der Waals surface area contributed by atoms with Gasteiger partial charge in [-0.2, -0.15) is 0 Å². The van der Waals surface area contributed by atoms with Gasteiger partial charge < -0.3 is 15.8 Å². The second kappa shape index (κ2) is 7.21. The van der Waals surface area contributed by atoms with Gasteiger partial charge in [0.1, 0.15) is 17.9 Å². The number of nitrogens with two attached hydrogens (primary N) is 1. The van der Waals surface area contributed by atoms with Crippen molar-refractivity contribution in [2.24, 2.45) is 0 Å². The maximum atomic E-state index is 9.50. The number of nitrogens with one attached hydrogen (secondary N) is 1. The smallest absolute Gasteiger partial charge is 0.143 e. The molecule has 6 heteroatoms. The number of methoxy groups -OCH3 is 1. The van der Waals surface area contributed by atoms with E-state index in [2.05, 4.69) is 15.3 Å². The third-order valence-electron chi connectivity index (χ3n) is 3.02. The van der Waals surface area contributed by atoms with Gasteiger partial charge in [-0.15, -0.1) is 0 Å². The number of halogens is 1. The summed E-state index contributed by atoms with van der Waals surface area (Å²) in [5, 5.41) is 4.12. The Labute approximate surface area is 128 Å². The summed E-state index contributed by atoms with van der Waals surface area (Å²) in [6, 6.07) is 13.5. The minimum atomic E-state index is 0.500. The average molecular weight is 300 g/mol. The van der Waals surface area contributed by atoms with E-state index in [1.807, 2.05) is 42.5 Å². The summed E-state index contributed by atoms with van der Waals surface area (Å²) in [5.74, 6) is 1.33. The van der Waals surface area contributed by atoms with Crippen LogP contribution in [0.2, 0.25) is 0 Å². The molecule has 0 bridgehead atoms. The third kappa shape index (κ3) is 3.22. The first kappa shape index (κ1) is 15.5. The second-order valence-electron chi connectivity index (χ2n) is 4.32. The van der Waals surface area contributed by atoms with E-state index in [1.54, 1.807) is 7.11 Å². The molecule has 1 heterocycles. The molecule has 0 unspecified atom stereocenters. The van der Waals surface area contributed by atoms with Gasteiger partial charge in [0.25, 0.3) is 0 Å². The first-order valence-corrected chi connectivity index (χ1v) is 6.56. The largest absolute Gasteiger partial charge is 0.495 e. The summed E-state index contributed by atoms with van der Waals surface area (Å²) in [5.41, 5.74) is 8.25. The molecule has 3 rings (SSSR count). The molecule has 0 atom stereocenters. The first-order valence-electron chi connectivity index (χ1n) is 6.56. The quantitative estimate of drug-likeness (QED) is 0.724. The van der Waals surface area contributed by atoms with Crippen molar-refractivity contribution in [3.63, 3.8) is 0 Å². The molecule has 3 N–H and O–H groups in total. The number of anilines is 3. The molecule has 0 aliphatic heterocycles. The molecule has 0 amide bonds. The Balaban J connectivity index is 0.000000847. The van der Waals surface area contributed by atoms with Crippen LogP contribution in [0.5, 0.6) is 5.75 Å². The molecule has 2 aromatic carbocycles. The summed E-state index contributed by atoms with van der Waals surface area (Å²) in [6.45, 7) is 0. The molecule has 0 saturated carbocycles. The van der Waals surface area contributed by atoms with Crippen molar-refractivity contribution in [1.82, 2.24) is 9.97 Å². The fraction of sp³-hybridized carbons (Fsp3) is 0.125. The number of nitrogen functional groups attached to an aromatic ring is 1. The molecule has 0 radical (unpaired) electrons. The van der Waals surface area contributed by atoms with E-state index >= 15 is 0 Å². The summed E-state index contributed by atoms with van der Waals surface area (Å²) in [6.07, 6.45) is 1.52. The molecule has 3 aromatic rings. The Kier molecular flexibility index (Phi) is 5.08. The number of aromatic nitrogens is 2. The van der Waals surface area contributed by atoms with Crippen LogP contribution in [0.15, 0.2) is 48.8 Å². The molecule has 0 aliphatic carbocycles. The fourth-order valence-corrected chi connectivity index (χ4v) is 2.04. The van der Waals surface area contributed by atoms with Gasteiger partial charge in [-0.05, 0) is 18.2 Å². The summed E-state index contributed by atoms with van der Waals surface area (Å²) < 4.78 is 14.7. The number of ether oxygens (including phenoxy) is 1. The van der Waals surface area contributed by atoms with Crippen LogP contribution in [0, 0.1) is 0 Å².